The number of nitro groups is 1. The summed E-state index contributed by atoms with van der Waals surface area (Å²) in [7, 11) is 0. The first-order chi connectivity index (χ1) is 9.56. The molecule has 4 heteroatoms. The number of hydrogen-bond donors (Lipinski definition) is 1. The van der Waals surface area contributed by atoms with Crippen molar-refractivity contribution < 1.29 is 10.0 Å². The summed E-state index contributed by atoms with van der Waals surface area (Å²) >= 11 is 0. The lowest BCUT2D eigenvalue weighted by Gasteiger charge is -2.06. The van der Waals surface area contributed by atoms with Crippen LogP contribution in [0.2, 0.25) is 0 Å². The Kier molecular flexibility index (Phi) is 4.27. The van der Waals surface area contributed by atoms with Crippen molar-refractivity contribution in [3.05, 3.63) is 81.4 Å². The van der Waals surface area contributed by atoms with E-state index >= 15 is 0 Å². The van der Waals surface area contributed by atoms with Crippen LogP contribution in [-0.4, -0.2) is 10.0 Å². The minimum atomic E-state index is -0.689. The maximum absolute atomic E-state index is 10.5. The second-order valence-electron chi connectivity index (χ2n) is 4.56. The summed E-state index contributed by atoms with van der Waals surface area (Å²) in [6.45, 7) is 1.99. The van der Waals surface area contributed by atoms with Gasteiger partial charge >= 0.3 is 0 Å². The Labute approximate surface area is 117 Å². The molecule has 1 N–H and O–H groups in total. The van der Waals surface area contributed by atoms with Gasteiger partial charge in [-0.05, 0) is 30.2 Å². The highest BCUT2D eigenvalue weighted by Crippen LogP contribution is 2.18. The molecule has 0 bridgehead atoms. The smallest absolute Gasteiger partial charge is 0.269 e. The fourth-order valence-electron chi connectivity index (χ4n) is 1.78. The van der Waals surface area contributed by atoms with Crippen molar-refractivity contribution >= 4 is 11.8 Å². The molecule has 102 valence electrons. The molecular weight excluding hydrogens is 254 g/mol. The monoisotopic (exact) mass is 269 g/mol. The van der Waals surface area contributed by atoms with Crippen LogP contribution in [0.15, 0.2) is 54.6 Å². The number of rotatable bonds is 4. The van der Waals surface area contributed by atoms with Gasteiger partial charge in [-0.25, -0.2) is 0 Å². The van der Waals surface area contributed by atoms with Crippen molar-refractivity contribution in [2.24, 2.45) is 0 Å². The second-order valence-corrected chi connectivity index (χ2v) is 4.56. The molecule has 0 heterocycles. The van der Waals surface area contributed by atoms with Gasteiger partial charge in [-0.2, -0.15) is 0 Å². The van der Waals surface area contributed by atoms with Crippen LogP contribution in [0.1, 0.15) is 22.8 Å². The van der Waals surface area contributed by atoms with Crippen molar-refractivity contribution in [3.63, 3.8) is 0 Å². The highest BCUT2D eigenvalue weighted by molar-refractivity contribution is 5.52. The van der Waals surface area contributed by atoms with Crippen LogP contribution in [0.5, 0.6) is 0 Å². The van der Waals surface area contributed by atoms with E-state index in [4.69, 9.17) is 0 Å². The van der Waals surface area contributed by atoms with Gasteiger partial charge in [-0.3, -0.25) is 10.1 Å². The molecule has 0 fully saturated rings. The Morgan fingerprint density at radius 3 is 2.25 bits per heavy atom. The van der Waals surface area contributed by atoms with E-state index in [1.165, 1.54) is 12.1 Å². The number of nitrogens with zero attached hydrogens (tertiary/aromatic N) is 1. The Bertz CT molecular complexity index is 615. The predicted molar refractivity (Wildman–Crippen MR) is 78.3 cm³/mol. The Morgan fingerprint density at radius 2 is 1.70 bits per heavy atom. The fraction of sp³-hybridized carbons (Fsp3) is 0.125. The van der Waals surface area contributed by atoms with Gasteiger partial charge in [0.2, 0.25) is 0 Å². The van der Waals surface area contributed by atoms with Crippen LogP contribution in [0.3, 0.4) is 0 Å². The summed E-state index contributed by atoms with van der Waals surface area (Å²) < 4.78 is 0. The van der Waals surface area contributed by atoms with Crippen LogP contribution < -0.4 is 0 Å². The molecule has 0 radical (unpaired) electrons. The number of aliphatic hydroxyl groups excluding tert-OH is 1. The average molecular weight is 269 g/mol. The van der Waals surface area contributed by atoms with E-state index in [1.807, 2.05) is 31.2 Å². The van der Waals surface area contributed by atoms with Gasteiger partial charge in [-0.1, -0.05) is 42.0 Å². The maximum atomic E-state index is 10.5. The molecule has 20 heavy (non-hydrogen) atoms. The number of hydrogen-bond acceptors (Lipinski definition) is 3. The Hall–Kier alpha value is -2.46. The second kappa shape index (κ2) is 6.12. The highest BCUT2D eigenvalue weighted by Gasteiger charge is 2.04. The highest BCUT2D eigenvalue weighted by atomic mass is 16.6. The zero-order valence-electron chi connectivity index (χ0n) is 11.1. The molecule has 0 aliphatic carbocycles. The van der Waals surface area contributed by atoms with E-state index in [0.29, 0.717) is 0 Å². The molecule has 2 aromatic carbocycles. The first-order valence-electron chi connectivity index (χ1n) is 6.23. The van der Waals surface area contributed by atoms with Gasteiger partial charge < -0.3 is 5.11 Å². The third kappa shape index (κ3) is 3.52. The molecule has 0 aromatic heterocycles. The van der Waals surface area contributed by atoms with Crippen LogP contribution in [0.4, 0.5) is 5.69 Å². The summed E-state index contributed by atoms with van der Waals surface area (Å²) in [5.41, 5.74) is 2.82. The number of aryl methyl sites for hydroxylation is 1. The first-order valence-corrected chi connectivity index (χ1v) is 6.23. The molecular formula is C16H15NO3. The first kappa shape index (κ1) is 14.0. The maximum Gasteiger partial charge on any atom is 0.269 e. The van der Waals surface area contributed by atoms with Crippen molar-refractivity contribution in [1.29, 1.82) is 0 Å². The molecule has 4 nitrogen and oxygen atoms in total. The molecule has 0 spiro atoms. The quantitative estimate of drug-likeness (QED) is 0.680. The summed E-state index contributed by atoms with van der Waals surface area (Å²) in [6.07, 6.45) is 2.71. The fourth-order valence-corrected chi connectivity index (χ4v) is 1.78. The standard InChI is InChI=1S/C16H15NO3/c1-12-2-7-14(8-3-12)16(18)11-6-13-4-9-15(10-5-13)17(19)20/h2-11,16,18H,1H3/b11-6+. The lowest BCUT2D eigenvalue weighted by atomic mass is 10.1. The van der Waals surface area contributed by atoms with E-state index in [0.717, 1.165) is 16.7 Å². The van der Waals surface area contributed by atoms with Crippen molar-refractivity contribution in [2.75, 3.05) is 0 Å². The lowest BCUT2D eigenvalue weighted by Crippen LogP contribution is -1.92. The van der Waals surface area contributed by atoms with E-state index in [9.17, 15) is 15.2 Å². The molecule has 0 aliphatic heterocycles. The third-order valence-corrected chi connectivity index (χ3v) is 2.99. The molecule has 0 amide bonds. The number of nitro benzene ring substituents is 1. The van der Waals surface area contributed by atoms with E-state index in [1.54, 1.807) is 24.3 Å². The van der Waals surface area contributed by atoms with Crippen molar-refractivity contribution in [2.45, 2.75) is 13.0 Å². The minimum absolute atomic E-state index is 0.0567. The van der Waals surface area contributed by atoms with Crippen molar-refractivity contribution in [1.82, 2.24) is 0 Å². The number of aliphatic hydroxyl groups is 1. The molecule has 0 saturated carbocycles. The van der Waals surface area contributed by atoms with Crippen LogP contribution >= 0.6 is 0 Å². The minimum Gasteiger partial charge on any atom is -0.384 e. The van der Waals surface area contributed by atoms with Gasteiger partial charge in [0.05, 0.1) is 11.0 Å². The molecule has 1 atom stereocenters. The third-order valence-electron chi connectivity index (χ3n) is 2.99. The molecule has 0 aliphatic rings. The zero-order chi connectivity index (χ0) is 14.5. The van der Waals surface area contributed by atoms with Crippen LogP contribution in [0, 0.1) is 17.0 Å². The van der Waals surface area contributed by atoms with Gasteiger partial charge in [0.1, 0.15) is 0 Å². The van der Waals surface area contributed by atoms with E-state index in [-0.39, 0.29) is 5.69 Å². The summed E-state index contributed by atoms with van der Waals surface area (Å²) in [5.74, 6) is 0. The summed E-state index contributed by atoms with van der Waals surface area (Å²) in [5, 5.41) is 20.6. The van der Waals surface area contributed by atoms with Crippen molar-refractivity contribution in [3.8, 4) is 0 Å². The van der Waals surface area contributed by atoms with Gasteiger partial charge in [-0.15, -0.1) is 0 Å². The average Bonchev–Trinajstić information content (AvgIpc) is 2.46. The zero-order valence-corrected chi connectivity index (χ0v) is 11.1. The predicted octanol–water partition coefficient (Wildman–Crippen LogP) is 3.65. The van der Waals surface area contributed by atoms with Gasteiger partial charge in [0.15, 0.2) is 0 Å². The number of benzene rings is 2. The molecule has 2 rings (SSSR count). The van der Waals surface area contributed by atoms with Crippen LogP contribution in [-0.2, 0) is 0 Å². The SMILES string of the molecule is Cc1ccc(C(O)/C=C/c2ccc([N+](=O)[O-])cc2)cc1. The number of non-ortho nitro benzene ring substituents is 1. The molecule has 0 saturated heterocycles. The summed E-state index contributed by atoms with van der Waals surface area (Å²) in [4.78, 5) is 10.1. The largest absolute Gasteiger partial charge is 0.384 e. The van der Waals surface area contributed by atoms with Gasteiger partial charge in [0.25, 0.3) is 5.69 Å². The van der Waals surface area contributed by atoms with E-state index < -0.39 is 11.0 Å². The van der Waals surface area contributed by atoms with Gasteiger partial charge in [0, 0.05) is 12.1 Å². The molecule has 2 aromatic rings. The Balaban J connectivity index is 2.08. The molecule has 1 unspecified atom stereocenters. The topological polar surface area (TPSA) is 63.4 Å². The lowest BCUT2D eigenvalue weighted by molar-refractivity contribution is -0.384. The Morgan fingerprint density at radius 1 is 1.10 bits per heavy atom. The van der Waals surface area contributed by atoms with Crippen LogP contribution in [0.25, 0.3) is 6.08 Å². The normalized spacial score (nSPS) is 12.5. The van der Waals surface area contributed by atoms with E-state index in [2.05, 4.69) is 0 Å². The summed E-state index contributed by atoms with van der Waals surface area (Å²) in [6, 6.07) is 13.8.